The van der Waals surface area contributed by atoms with Gasteiger partial charge in [0.2, 0.25) is 0 Å². The zero-order chi connectivity index (χ0) is 11.2. The zero-order valence-corrected chi connectivity index (χ0v) is 10.5. The number of hydrogen-bond acceptors (Lipinski definition) is 2. The normalized spacial score (nSPS) is 16.7. The lowest BCUT2D eigenvalue weighted by molar-refractivity contribution is 0.0671. The predicted octanol–water partition coefficient (Wildman–Crippen LogP) is 2.81. The fourth-order valence-electron chi connectivity index (χ4n) is 1.22. The molecular weight excluding hydrogens is 174 g/mol. The molecule has 0 saturated carbocycles. The van der Waals surface area contributed by atoms with Gasteiger partial charge in [0.1, 0.15) is 0 Å². The van der Waals surface area contributed by atoms with E-state index in [-0.39, 0.29) is 11.5 Å². The van der Waals surface area contributed by atoms with Crippen LogP contribution in [-0.2, 0) is 4.74 Å². The molecule has 0 rings (SSSR count). The van der Waals surface area contributed by atoms with Gasteiger partial charge in [-0.2, -0.15) is 0 Å². The Kier molecular flexibility index (Phi) is 6.38. The Labute approximate surface area is 89.2 Å². The predicted molar refractivity (Wildman–Crippen MR) is 62.3 cm³/mol. The van der Waals surface area contributed by atoms with E-state index in [1.54, 1.807) is 0 Å². The summed E-state index contributed by atoms with van der Waals surface area (Å²) >= 11 is 0. The van der Waals surface area contributed by atoms with E-state index >= 15 is 0 Å². The molecule has 0 aromatic rings. The Morgan fingerprint density at radius 3 is 2.21 bits per heavy atom. The summed E-state index contributed by atoms with van der Waals surface area (Å²) in [4.78, 5) is 0. The van der Waals surface area contributed by atoms with Crippen LogP contribution in [0.4, 0.5) is 0 Å². The second kappa shape index (κ2) is 6.41. The van der Waals surface area contributed by atoms with Crippen LogP contribution >= 0.6 is 0 Å². The number of rotatable bonds is 6. The molecule has 14 heavy (non-hydrogen) atoms. The lowest BCUT2D eigenvalue weighted by Gasteiger charge is -2.27. The summed E-state index contributed by atoms with van der Waals surface area (Å²) < 4.78 is 5.61. The third-order valence-electron chi connectivity index (χ3n) is 2.59. The zero-order valence-electron chi connectivity index (χ0n) is 10.5. The van der Waals surface area contributed by atoms with E-state index in [9.17, 15) is 0 Å². The largest absolute Gasteiger partial charge is 0.380 e. The molecule has 0 aliphatic carbocycles. The Balaban J connectivity index is 3.54. The summed E-state index contributed by atoms with van der Waals surface area (Å²) in [6.07, 6.45) is 2.47. The van der Waals surface area contributed by atoms with Crippen LogP contribution in [0.5, 0.6) is 0 Å². The average Bonchev–Trinajstić information content (AvgIpc) is 2.02. The molecule has 2 N–H and O–H groups in total. The topological polar surface area (TPSA) is 35.2 Å². The van der Waals surface area contributed by atoms with Crippen molar-refractivity contribution in [2.24, 2.45) is 17.1 Å². The van der Waals surface area contributed by atoms with E-state index in [2.05, 4.69) is 34.6 Å². The molecule has 0 aliphatic rings. The molecule has 0 bridgehead atoms. The van der Waals surface area contributed by atoms with Crippen molar-refractivity contribution in [3.63, 3.8) is 0 Å². The number of hydrogen-bond donors (Lipinski definition) is 1. The third kappa shape index (κ3) is 6.39. The molecule has 0 heterocycles. The maximum absolute atomic E-state index is 5.99. The van der Waals surface area contributed by atoms with Gasteiger partial charge in [-0.15, -0.1) is 0 Å². The van der Waals surface area contributed by atoms with E-state index in [4.69, 9.17) is 10.5 Å². The van der Waals surface area contributed by atoms with Crippen molar-refractivity contribution in [2.45, 2.75) is 53.5 Å². The molecule has 0 aromatic carbocycles. The molecule has 2 unspecified atom stereocenters. The quantitative estimate of drug-likeness (QED) is 0.717. The molecule has 2 atom stereocenters. The Bertz CT molecular complexity index is 140. The van der Waals surface area contributed by atoms with Gasteiger partial charge in [0.05, 0.1) is 6.61 Å². The first-order chi connectivity index (χ1) is 6.38. The van der Waals surface area contributed by atoms with Crippen molar-refractivity contribution in [1.82, 2.24) is 0 Å². The van der Waals surface area contributed by atoms with Crippen LogP contribution in [0.2, 0.25) is 0 Å². The third-order valence-corrected chi connectivity index (χ3v) is 2.59. The molecule has 86 valence electrons. The summed E-state index contributed by atoms with van der Waals surface area (Å²) in [5.74, 6) is 0.659. The molecule has 0 aromatic heterocycles. The minimum atomic E-state index is 0.135. The van der Waals surface area contributed by atoms with E-state index in [1.165, 1.54) is 12.8 Å². The maximum atomic E-state index is 5.99. The second-order valence-corrected chi connectivity index (χ2v) is 5.40. The highest BCUT2D eigenvalue weighted by molar-refractivity contribution is 4.76. The molecule has 2 heteroatoms. The first-order valence-electron chi connectivity index (χ1n) is 5.71. The van der Waals surface area contributed by atoms with Gasteiger partial charge in [-0.3, -0.25) is 0 Å². The van der Waals surface area contributed by atoms with Crippen LogP contribution in [0.25, 0.3) is 0 Å². The highest BCUT2D eigenvalue weighted by Gasteiger charge is 2.20. The average molecular weight is 201 g/mol. The minimum absolute atomic E-state index is 0.135. The number of ether oxygens (including phenoxy) is 1. The minimum Gasteiger partial charge on any atom is -0.380 e. The van der Waals surface area contributed by atoms with E-state index < -0.39 is 0 Å². The fourth-order valence-corrected chi connectivity index (χ4v) is 1.22. The second-order valence-electron chi connectivity index (χ2n) is 5.40. The highest BCUT2D eigenvalue weighted by Crippen LogP contribution is 2.17. The highest BCUT2D eigenvalue weighted by atomic mass is 16.5. The first kappa shape index (κ1) is 13.9. The van der Waals surface area contributed by atoms with Crippen molar-refractivity contribution in [2.75, 3.05) is 13.2 Å². The van der Waals surface area contributed by atoms with Crippen LogP contribution in [0.1, 0.15) is 47.5 Å². The maximum Gasteiger partial charge on any atom is 0.0622 e. The number of nitrogens with two attached hydrogens (primary N) is 1. The molecule has 0 amide bonds. The molecule has 0 fully saturated rings. The fraction of sp³-hybridized carbons (Fsp3) is 1.00. The summed E-state index contributed by atoms with van der Waals surface area (Å²) in [5.41, 5.74) is 6.13. The summed E-state index contributed by atoms with van der Waals surface area (Å²) in [7, 11) is 0. The van der Waals surface area contributed by atoms with Crippen molar-refractivity contribution in [3.05, 3.63) is 0 Å². The van der Waals surface area contributed by atoms with Crippen LogP contribution < -0.4 is 5.73 Å². The van der Waals surface area contributed by atoms with Crippen LogP contribution in [0, 0.1) is 11.3 Å². The van der Waals surface area contributed by atoms with Gasteiger partial charge >= 0.3 is 0 Å². The molecule has 0 saturated heterocycles. The van der Waals surface area contributed by atoms with E-state index in [0.717, 1.165) is 6.61 Å². The van der Waals surface area contributed by atoms with Crippen LogP contribution in [0.3, 0.4) is 0 Å². The van der Waals surface area contributed by atoms with Crippen molar-refractivity contribution in [3.8, 4) is 0 Å². The van der Waals surface area contributed by atoms with Gasteiger partial charge in [0.15, 0.2) is 0 Å². The van der Waals surface area contributed by atoms with Crippen LogP contribution in [-0.4, -0.2) is 19.3 Å². The Hall–Kier alpha value is -0.0800. The summed E-state index contributed by atoms with van der Waals surface area (Å²) in [6.45, 7) is 12.4. The van der Waals surface area contributed by atoms with Gasteiger partial charge in [0, 0.05) is 12.6 Å². The monoisotopic (exact) mass is 201 g/mol. The van der Waals surface area contributed by atoms with Crippen molar-refractivity contribution < 1.29 is 4.74 Å². The molecule has 0 radical (unpaired) electrons. The standard InChI is InChI=1S/C12H27NO/c1-6-7-10(2)8-14-9-11(13)12(3,4)5/h10-11H,6-9,13H2,1-5H3. The van der Waals surface area contributed by atoms with Gasteiger partial charge in [-0.05, 0) is 17.8 Å². The molecular formula is C12H27NO. The molecule has 0 spiro atoms. The van der Waals surface area contributed by atoms with Gasteiger partial charge in [-0.25, -0.2) is 0 Å². The molecule has 0 aliphatic heterocycles. The first-order valence-corrected chi connectivity index (χ1v) is 5.71. The molecule has 2 nitrogen and oxygen atoms in total. The van der Waals surface area contributed by atoms with Crippen molar-refractivity contribution >= 4 is 0 Å². The van der Waals surface area contributed by atoms with E-state index in [1.807, 2.05) is 0 Å². The van der Waals surface area contributed by atoms with Crippen LogP contribution in [0.15, 0.2) is 0 Å². The van der Waals surface area contributed by atoms with Gasteiger partial charge in [-0.1, -0.05) is 41.0 Å². The van der Waals surface area contributed by atoms with Crippen molar-refractivity contribution in [1.29, 1.82) is 0 Å². The Morgan fingerprint density at radius 1 is 1.21 bits per heavy atom. The Morgan fingerprint density at radius 2 is 1.79 bits per heavy atom. The lowest BCUT2D eigenvalue weighted by atomic mass is 9.88. The summed E-state index contributed by atoms with van der Waals surface area (Å²) in [5, 5.41) is 0. The SMILES string of the molecule is CCCC(C)COCC(N)C(C)(C)C. The lowest BCUT2D eigenvalue weighted by Crippen LogP contribution is -2.39. The van der Waals surface area contributed by atoms with E-state index in [0.29, 0.717) is 12.5 Å². The van der Waals surface area contributed by atoms with Gasteiger partial charge in [0.25, 0.3) is 0 Å². The summed E-state index contributed by atoms with van der Waals surface area (Å²) in [6, 6.07) is 0.135. The smallest absolute Gasteiger partial charge is 0.0622 e. The van der Waals surface area contributed by atoms with Gasteiger partial charge < -0.3 is 10.5 Å².